The van der Waals surface area contributed by atoms with Gasteiger partial charge in [-0.2, -0.15) is 5.10 Å². The number of rotatable bonds is 4. The van der Waals surface area contributed by atoms with Crippen LogP contribution in [0, 0.1) is 5.92 Å². The molecule has 0 atom stereocenters. The quantitative estimate of drug-likeness (QED) is 0.574. The third-order valence-corrected chi connectivity index (χ3v) is 7.15. The van der Waals surface area contributed by atoms with Crippen molar-refractivity contribution in [3.05, 3.63) is 48.2 Å². The Kier molecular flexibility index (Phi) is 6.35. The molecule has 2 amide bonds. The molecule has 7 heteroatoms. The van der Waals surface area contributed by atoms with E-state index in [2.05, 4.69) is 18.9 Å². The molecular formula is C27H33N5O2. The summed E-state index contributed by atoms with van der Waals surface area (Å²) in [5.74, 6) is 0.308. The molecule has 2 aliphatic heterocycles. The number of amides is 2. The smallest absolute Gasteiger partial charge is 0.254 e. The van der Waals surface area contributed by atoms with Crippen molar-refractivity contribution in [3.8, 4) is 11.3 Å². The van der Waals surface area contributed by atoms with E-state index < -0.39 is 0 Å². The summed E-state index contributed by atoms with van der Waals surface area (Å²) in [6.45, 7) is 7.10. The number of piperidine rings is 2. The Morgan fingerprint density at radius 2 is 1.65 bits per heavy atom. The Hall–Kier alpha value is -3.22. The van der Waals surface area contributed by atoms with Crippen LogP contribution in [-0.4, -0.2) is 62.6 Å². The minimum absolute atomic E-state index is 0.00300. The van der Waals surface area contributed by atoms with Crippen LogP contribution in [0.25, 0.3) is 22.3 Å². The van der Waals surface area contributed by atoms with Gasteiger partial charge in [-0.15, -0.1) is 0 Å². The number of carbonyl (C=O) groups is 2. The lowest BCUT2D eigenvalue weighted by Crippen LogP contribution is -2.45. The minimum Gasteiger partial charge on any atom is -0.342 e. The summed E-state index contributed by atoms with van der Waals surface area (Å²) in [5.41, 5.74) is 3.11. The van der Waals surface area contributed by atoms with Gasteiger partial charge in [-0.3, -0.25) is 9.59 Å². The van der Waals surface area contributed by atoms with E-state index in [-0.39, 0.29) is 23.8 Å². The first-order chi connectivity index (χ1) is 16.5. The molecule has 5 rings (SSSR count). The molecule has 0 unspecified atom stereocenters. The maximum absolute atomic E-state index is 13.7. The Bertz CT molecular complexity index is 1170. The summed E-state index contributed by atoms with van der Waals surface area (Å²) in [4.78, 5) is 35.5. The standard InChI is InChI=1S/C27H33N5O2/c1-19(2)32-25-23(18-28-32)22(17-24(29-25)20-9-5-3-6-10-20)27(34)31-15-11-21(12-16-31)26(33)30-13-7-4-8-14-30/h3,5-6,9-10,17-19,21H,4,7-8,11-16H2,1-2H3. The second kappa shape index (κ2) is 9.57. The van der Waals surface area contributed by atoms with Gasteiger partial charge >= 0.3 is 0 Å². The Balaban J connectivity index is 1.40. The van der Waals surface area contributed by atoms with Gasteiger partial charge in [-0.1, -0.05) is 30.3 Å². The molecule has 0 aliphatic carbocycles. The molecule has 3 aromatic rings. The molecule has 0 spiro atoms. The second-order valence-corrected chi connectivity index (χ2v) is 9.79. The number of likely N-dealkylation sites (tertiary alicyclic amines) is 2. The topological polar surface area (TPSA) is 71.3 Å². The molecule has 1 aromatic carbocycles. The van der Waals surface area contributed by atoms with Gasteiger partial charge in [0.15, 0.2) is 5.65 Å². The molecule has 0 saturated carbocycles. The SMILES string of the molecule is CC(C)n1ncc2c(C(=O)N3CCC(C(=O)N4CCCCC4)CC3)cc(-c3ccccc3)nc21. The number of fused-ring (bicyclic) bond motifs is 1. The van der Waals surface area contributed by atoms with Crippen LogP contribution in [0.5, 0.6) is 0 Å². The van der Waals surface area contributed by atoms with Crippen LogP contribution in [0.3, 0.4) is 0 Å². The van der Waals surface area contributed by atoms with E-state index in [1.807, 2.05) is 50.9 Å². The zero-order valence-corrected chi connectivity index (χ0v) is 20.1. The van der Waals surface area contributed by atoms with E-state index in [4.69, 9.17) is 4.98 Å². The second-order valence-electron chi connectivity index (χ2n) is 9.79. The Morgan fingerprint density at radius 3 is 2.32 bits per heavy atom. The van der Waals surface area contributed by atoms with Gasteiger partial charge in [0.05, 0.1) is 22.8 Å². The monoisotopic (exact) mass is 459 g/mol. The molecule has 0 N–H and O–H groups in total. The van der Waals surface area contributed by atoms with E-state index >= 15 is 0 Å². The van der Waals surface area contributed by atoms with Crippen LogP contribution in [0.2, 0.25) is 0 Å². The van der Waals surface area contributed by atoms with Crippen molar-refractivity contribution in [1.29, 1.82) is 0 Å². The molecule has 34 heavy (non-hydrogen) atoms. The van der Waals surface area contributed by atoms with E-state index in [9.17, 15) is 9.59 Å². The Morgan fingerprint density at radius 1 is 0.941 bits per heavy atom. The average Bonchev–Trinajstić information content (AvgIpc) is 3.33. The number of pyridine rings is 1. The van der Waals surface area contributed by atoms with Crippen LogP contribution in [-0.2, 0) is 4.79 Å². The lowest BCUT2D eigenvalue weighted by Gasteiger charge is -2.35. The van der Waals surface area contributed by atoms with Crippen LogP contribution in [0.1, 0.15) is 62.4 Å². The van der Waals surface area contributed by atoms with Gasteiger partial charge in [0.2, 0.25) is 5.91 Å². The summed E-state index contributed by atoms with van der Waals surface area (Å²) in [6, 6.07) is 12.0. The fraction of sp³-hybridized carbons (Fsp3) is 0.481. The van der Waals surface area contributed by atoms with Gasteiger partial charge in [0.25, 0.3) is 5.91 Å². The van der Waals surface area contributed by atoms with Gasteiger partial charge in [-0.05, 0) is 52.0 Å². The molecular weight excluding hydrogens is 426 g/mol. The van der Waals surface area contributed by atoms with Gasteiger partial charge in [0, 0.05) is 43.7 Å². The van der Waals surface area contributed by atoms with E-state index in [1.165, 1.54) is 6.42 Å². The molecule has 0 radical (unpaired) electrons. The van der Waals surface area contributed by atoms with Gasteiger partial charge < -0.3 is 9.80 Å². The highest BCUT2D eigenvalue weighted by Gasteiger charge is 2.32. The largest absolute Gasteiger partial charge is 0.342 e. The van der Waals surface area contributed by atoms with E-state index in [1.54, 1.807) is 6.20 Å². The lowest BCUT2D eigenvalue weighted by atomic mass is 9.93. The summed E-state index contributed by atoms with van der Waals surface area (Å²) in [5, 5.41) is 5.32. The molecule has 4 heterocycles. The predicted molar refractivity (Wildman–Crippen MR) is 132 cm³/mol. The zero-order chi connectivity index (χ0) is 23.7. The predicted octanol–water partition coefficient (Wildman–Crippen LogP) is 4.54. The molecule has 2 saturated heterocycles. The number of nitrogens with zero attached hydrogens (tertiary/aromatic N) is 5. The fourth-order valence-electron chi connectivity index (χ4n) is 5.20. The number of carbonyl (C=O) groups excluding carboxylic acids is 2. The zero-order valence-electron chi connectivity index (χ0n) is 20.1. The highest BCUT2D eigenvalue weighted by atomic mass is 16.2. The summed E-state index contributed by atoms with van der Waals surface area (Å²) in [6.07, 6.45) is 6.65. The third kappa shape index (κ3) is 4.31. The first-order valence-electron chi connectivity index (χ1n) is 12.5. The normalized spacial score (nSPS) is 17.5. The number of hydrogen-bond acceptors (Lipinski definition) is 4. The van der Waals surface area contributed by atoms with E-state index in [0.29, 0.717) is 18.7 Å². The van der Waals surface area contributed by atoms with Crippen molar-refractivity contribution < 1.29 is 9.59 Å². The maximum Gasteiger partial charge on any atom is 0.254 e. The van der Waals surface area contributed by atoms with Crippen LogP contribution in [0.4, 0.5) is 0 Å². The fourth-order valence-corrected chi connectivity index (χ4v) is 5.20. The van der Waals surface area contributed by atoms with Crippen molar-refractivity contribution in [2.45, 2.75) is 52.0 Å². The van der Waals surface area contributed by atoms with Crippen LogP contribution in [0.15, 0.2) is 42.6 Å². The molecule has 7 nitrogen and oxygen atoms in total. The average molecular weight is 460 g/mol. The number of aromatic nitrogens is 3. The number of hydrogen-bond donors (Lipinski definition) is 0. The van der Waals surface area contributed by atoms with Crippen molar-refractivity contribution in [3.63, 3.8) is 0 Å². The summed E-state index contributed by atoms with van der Waals surface area (Å²) < 4.78 is 1.88. The molecule has 178 valence electrons. The third-order valence-electron chi connectivity index (χ3n) is 7.15. The first-order valence-corrected chi connectivity index (χ1v) is 12.5. The lowest BCUT2D eigenvalue weighted by molar-refractivity contribution is -0.137. The minimum atomic E-state index is -0.00300. The summed E-state index contributed by atoms with van der Waals surface area (Å²) >= 11 is 0. The highest BCUT2D eigenvalue weighted by Crippen LogP contribution is 2.29. The maximum atomic E-state index is 13.7. The van der Waals surface area contributed by atoms with Crippen LogP contribution < -0.4 is 0 Å². The number of benzene rings is 1. The molecule has 2 aliphatic rings. The first kappa shape index (κ1) is 22.6. The summed E-state index contributed by atoms with van der Waals surface area (Å²) in [7, 11) is 0. The van der Waals surface area contributed by atoms with Gasteiger partial charge in [0.1, 0.15) is 0 Å². The van der Waals surface area contributed by atoms with Gasteiger partial charge in [-0.25, -0.2) is 9.67 Å². The van der Waals surface area contributed by atoms with Crippen molar-refractivity contribution in [2.24, 2.45) is 5.92 Å². The van der Waals surface area contributed by atoms with Crippen molar-refractivity contribution in [2.75, 3.05) is 26.2 Å². The molecule has 2 fully saturated rings. The van der Waals surface area contributed by atoms with Crippen molar-refractivity contribution in [1.82, 2.24) is 24.6 Å². The Labute approximate surface area is 200 Å². The van der Waals surface area contributed by atoms with E-state index in [0.717, 1.165) is 61.1 Å². The van der Waals surface area contributed by atoms with Crippen molar-refractivity contribution >= 4 is 22.8 Å². The highest BCUT2D eigenvalue weighted by molar-refractivity contribution is 6.06. The van der Waals surface area contributed by atoms with Crippen LogP contribution >= 0.6 is 0 Å². The molecule has 2 aromatic heterocycles. The molecule has 0 bridgehead atoms.